The van der Waals surface area contributed by atoms with E-state index >= 15 is 0 Å². The predicted molar refractivity (Wildman–Crippen MR) is 163 cm³/mol. The number of hydrogen-bond donors (Lipinski definition) is 2. The minimum atomic E-state index is -3.73. The fourth-order valence-electron chi connectivity index (χ4n) is 5.11. The zero-order chi connectivity index (χ0) is 30.9. The first kappa shape index (κ1) is 30.0. The van der Waals surface area contributed by atoms with Crippen LogP contribution in [-0.2, 0) is 10.0 Å². The van der Waals surface area contributed by atoms with Crippen molar-refractivity contribution in [2.45, 2.75) is 32.1 Å². The highest BCUT2D eigenvalue weighted by Gasteiger charge is 2.32. The van der Waals surface area contributed by atoms with E-state index in [0.717, 1.165) is 30.2 Å². The topological polar surface area (TPSA) is 123 Å². The van der Waals surface area contributed by atoms with Gasteiger partial charge in [-0.2, -0.15) is 5.10 Å². The molecule has 0 unspecified atom stereocenters. The van der Waals surface area contributed by atoms with Crippen molar-refractivity contribution >= 4 is 38.4 Å². The smallest absolute Gasteiger partial charge is 0.270 e. The van der Waals surface area contributed by atoms with E-state index < -0.39 is 21.7 Å². The summed E-state index contributed by atoms with van der Waals surface area (Å²) in [7, 11) is -0.856. The molecule has 1 aliphatic rings. The Kier molecular flexibility index (Phi) is 8.41. The molecule has 12 heteroatoms. The van der Waals surface area contributed by atoms with Crippen molar-refractivity contribution in [3.05, 3.63) is 82.8 Å². The van der Waals surface area contributed by atoms with E-state index in [4.69, 9.17) is 9.84 Å². The molecule has 0 bridgehead atoms. The number of carbonyl (C=O) groups excluding carboxylic acids is 2. The van der Waals surface area contributed by atoms with Crippen LogP contribution < -0.4 is 19.7 Å². The van der Waals surface area contributed by atoms with Gasteiger partial charge in [-0.15, -0.1) is 0 Å². The van der Waals surface area contributed by atoms with Crippen molar-refractivity contribution in [1.82, 2.24) is 20.4 Å². The number of carbonyl (C=O) groups is 2. The number of sulfonamides is 1. The van der Waals surface area contributed by atoms with Gasteiger partial charge in [-0.25, -0.2) is 17.5 Å². The summed E-state index contributed by atoms with van der Waals surface area (Å²) in [6, 6.07) is 15.5. The normalized spacial score (nSPS) is 13.1. The van der Waals surface area contributed by atoms with Gasteiger partial charge >= 0.3 is 0 Å². The lowest BCUT2D eigenvalue weighted by molar-refractivity contribution is 0.0943. The fraction of sp³-hybridized carbons (Fsp3) is 0.323. The van der Waals surface area contributed by atoms with E-state index in [-0.39, 0.29) is 42.6 Å². The minimum absolute atomic E-state index is 0.0386. The number of fused-ring (bicyclic) bond motifs is 1. The first-order valence-electron chi connectivity index (χ1n) is 14.0. The quantitative estimate of drug-likeness (QED) is 0.245. The second-order valence-corrected chi connectivity index (χ2v) is 12.6. The molecule has 1 aliphatic carbocycles. The monoisotopic (exact) mass is 607 g/mol. The van der Waals surface area contributed by atoms with E-state index in [0.29, 0.717) is 28.0 Å². The number of hydrogen-bond acceptors (Lipinski definition) is 6. The Labute approximate surface area is 249 Å². The molecule has 0 radical (unpaired) electrons. The molecule has 10 nitrogen and oxygen atoms in total. The maximum atomic E-state index is 14.5. The van der Waals surface area contributed by atoms with Gasteiger partial charge in [0.1, 0.15) is 5.69 Å². The van der Waals surface area contributed by atoms with Gasteiger partial charge in [0.15, 0.2) is 11.6 Å². The van der Waals surface area contributed by atoms with Gasteiger partial charge in [-0.3, -0.25) is 13.9 Å². The summed E-state index contributed by atoms with van der Waals surface area (Å²) in [4.78, 5) is 25.7. The Bertz CT molecular complexity index is 1800. The molecule has 3 aromatic carbocycles. The molecule has 0 aliphatic heterocycles. The maximum absolute atomic E-state index is 14.5. The molecule has 1 fully saturated rings. The van der Waals surface area contributed by atoms with Crippen molar-refractivity contribution in [2.24, 2.45) is 0 Å². The van der Waals surface area contributed by atoms with Crippen LogP contribution in [0.2, 0.25) is 0 Å². The van der Waals surface area contributed by atoms with Gasteiger partial charge in [0, 0.05) is 25.5 Å². The Morgan fingerprint density at radius 2 is 1.84 bits per heavy atom. The maximum Gasteiger partial charge on any atom is 0.270 e. The zero-order valence-corrected chi connectivity index (χ0v) is 25.3. The summed E-state index contributed by atoms with van der Waals surface area (Å²) >= 11 is 0. The first-order valence-corrected chi connectivity index (χ1v) is 15.8. The summed E-state index contributed by atoms with van der Waals surface area (Å²) in [5, 5.41) is 10.7. The molecular weight excluding hydrogens is 573 g/mol. The van der Waals surface area contributed by atoms with Crippen molar-refractivity contribution in [3.8, 4) is 11.4 Å². The molecule has 1 saturated carbocycles. The number of anilines is 1. The molecule has 0 saturated heterocycles. The minimum Gasteiger partial charge on any atom is -0.494 e. The van der Waals surface area contributed by atoms with Crippen LogP contribution in [0.4, 0.5) is 10.1 Å². The molecule has 5 rings (SSSR count). The average Bonchev–Trinajstić information content (AvgIpc) is 3.76. The Balaban J connectivity index is 1.46. The van der Waals surface area contributed by atoms with E-state index in [1.54, 1.807) is 17.8 Å². The second kappa shape index (κ2) is 12.0. The number of halogens is 1. The molecular formula is C31H34FN5O5S. The van der Waals surface area contributed by atoms with Crippen LogP contribution in [0.5, 0.6) is 5.75 Å². The Hall–Kier alpha value is -4.45. The highest BCUT2D eigenvalue weighted by molar-refractivity contribution is 7.92. The summed E-state index contributed by atoms with van der Waals surface area (Å²) in [6.45, 7) is 2.16. The van der Waals surface area contributed by atoms with Crippen LogP contribution in [-0.4, -0.2) is 63.5 Å². The zero-order valence-electron chi connectivity index (χ0n) is 24.5. The third-order valence-corrected chi connectivity index (χ3v) is 8.66. The lowest BCUT2D eigenvalue weighted by Gasteiger charge is -2.25. The summed E-state index contributed by atoms with van der Waals surface area (Å²) < 4.78 is 48.6. The fourth-order valence-corrected chi connectivity index (χ4v) is 6.09. The van der Waals surface area contributed by atoms with Crippen LogP contribution in [0.1, 0.15) is 57.2 Å². The van der Waals surface area contributed by atoms with E-state index in [1.807, 2.05) is 37.3 Å². The molecule has 43 heavy (non-hydrogen) atoms. The molecule has 2 N–H and O–H groups in total. The van der Waals surface area contributed by atoms with Crippen molar-refractivity contribution in [1.29, 1.82) is 0 Å². The van der Waals surface area contributed by atoms with Crippen LogP contribution in [0, 0.1) is 12.7 Å². The van der Waals surface area contributed by atoms with Gasteiger partial charge in [-0.05, 0) is 74.1 Å². The van der Waals surface area contributed by atoms with Crippen molar-refractivity contribution in [2.75, 3.05) is 37.8 Å². The Morgan fingerprint density at radius 1 is 1.12 bits per heavy atom. The van der Waals surface area contributed by atoms with E-state index in [9.17, 15) is 22.4 Å². The van der Waals surface area contributed by atoms with Crippen LogP contribution in [0.3, 0.4) is 0 Å². The molecule has 2 amide bonds. The number of nitrogens with one attached hydrogen (secondary N) is 2. The molecule has 4 aromatic rings. The van der Waals surface area contributed by atoms with Crippen LogP contribution in [0.25, 0.3) is 16.6 Å². The van der Waals surface area contributed by atoms with Gasteiger partial charge < -0.3 is 15.4 Å². The first-order chi connectivity index (χ1) is 20.5. The van der Waals surface area contributed by atoms with Gasteiger partial charge in [0.25, 0.3) is 11.8 Å². The lowest BCUT2D eigenvalue weighted by atomic mass is 10.0. The number of amides is 2. The third kappa shape index (κ3) is 6.19. The standard InChI is InChI=1S/C31H34FN5O5S/c1-19-9-13-21(14-10-19)37-29(31(39)33-2)24-17-23(20-11-12-20)26(18-25(24)35-37)36(43(4,40)41)16-6-15-34-30(38)22-7-5-8-27(42-3)28(22)32/h5,7-10,13-14,17-18,20H,6,11-12,15-16H2,1-4H3,(H,33,39)(H,34,38). The number of ether oxygens (including phenoxy) is 1. The molecule has 0 spiro atoms. The molecule has 1 aromatic heterocycles. The summed E-state index contributed by atoms with van der Waals surface area (Å²) in [6.07, 6.45) is 3.21. The van der Waals surface area contributed by atoms with Gasteiger partial charge in [0.2, 0.25) is 10.0 Å². The Morgan fingerprint density at radius 3 is 2.47 bits per heavy atom. The predicted octanol–water partition coefficient (Wildman–Crippen LogP) is 4.30. The lowest BCUT2D eigenvalue weighted by Crippen LogP contribution is -2.34. The summed E-state index contributed by atoms with van der Waals surface area (Å²) in [5.74, 6) is -1.57. The number of aryl methyl sites for hydroxylation is 1. The van der Waals surface area contributed by atoms with Crippen molar-refractivity contribution < 1.29 is 27.1 Å². The van der Waals surface area contributed by atoms with Crippen LogP contribution >= 0.6 is 0 Å². The van der Waals surface area contributed by atoms with Gasteiger partial charge in [-0.1, -0.05) is 23.8 Å². The molecule has 1 heterocycles. The average molecular weight is 608 g/mol. The van der Waals surface area contributed by atoms with Crippen molar-refractivity contribution in [3.63, 3.8) is 0 Å². The number of nitrogens with zero attached hydrogens (tertiary/aromatic N) is 3. The van der Waals surface area contributed by atoms with E-state index in [1.165, 1.54) is 29.6 Å². The number of aromatic nitrogens is 2. The number of benzene rings is 3. The highest BCUT2D eigenvalue weighted by atomic mass is 32.2. The summed E-state index contributed by atoms with van der Waals surface area (Å²) in [5.41, 5.74) is 3.79. The highest BCUT2D eigenvalue weighted by Crippen LogP contribution is 2.46. The van der Waals surface area contributed by atoms with Gasteiger partial charge in [0.05, 0.1) is 35.8 Å². The second-order valence-electron chi connectivity index (χ2n) is 10.6. The third-order valence-electron chi connectivity index (χ3n) is 7.48. The van der Waals surface area contributed by atoms with Crippen LogP contribution in [0.15, 0.2) is 54.6 Å². The number of rotatable bonds is 11. The van der Waals surface area contributed by atoms with E-state index in [2.05, 4.69) is 10.6 Å². The largest absolute Gasteiger partial charge is 0.494 e. The molecule has 226 valence electrons. The SMILES string of the molecule is CNC(=O)c1c2cc(C3CC3)c(N(CCCNC(=O)c3cccc(OC)c3F)S(C)(=O)=O)cc2nn1-c1ccc(C)cc1. The molecule has 0 atom stereocenters. The number of methoxy groups -OCH3 is 1.